The molecule has 1 heterocycles. The topological polar surface area (TPSA) is 85.9 Å². The summed E-state index contributed by atoms with van der Waals surface area (Å²) >= 11 is 0. The summed E-state index contributed by atoms with van der Waals surface area (Å²) in [6.45, 7) is 0.402. The van der Waals surface area contributed by atoms with Crippen LogP contribution >= 0.6 is 0 Å². The molecule has 0 aliphatic carbocycles. The predicted molar refractivity (Wildman–Crippen MR) is 124 cm³/mol. The Labute approximate surface area is 192 Å². The van der Waals surface area contributed by atoms with E-state index in [2.05, 4.69) is 10.6 Å². The number of hydrogen-bond donors (Lipinski definition) is 2. The van der Waals surface area contributed by atoms with E-state index in [1.54, 1.807) is 31.4 Å². The molecular formula is C26H24N2O5. The van der Waals surface area contributed by atoms with Gasteiger partial charge in [-0.25, -0.2) is 9.59 Å². The number of carbonyl (C=O) groups excluding carboxylic acids is 2. The summed E-state index contributed by atoms with van der Waals surface area (Å²) in [4.78, 5) is 25.4. The minimum absolute atomic E-state index is 0.294. The number of esters is 1. The predicted octanol–water partition coefficient (Wildman–Crippen LogP) is 4.21. The number of rotatable bonds is 7. The highest BCUT2D eigenvalue weighted by molar-refractivity contribution is 6.04. The molecule has 1 unspecified atom stereocenters. The number of urea groups is 1. The summed E-state index contributed by atoms with van der Waals surface area (Å²) in [7, 11) is 2.89. The van der Waals surface area contributed by atoms with Crippen LogP contribution in [0.5, 0.6) is 11.5 Å². The molecule has 0 saturated carbocycles. The molecule has 7 heteroatoms. The van der Waals surface area contributed by atoms with Crippen LogP contribution < -0.4 is 20.1 Å². The Morgan fingerprint density at radius 1 is 0.909 bits per heavy atom. The van der Waals surface area contributed by atoms with Crippen molar-refractivity contribution >= 4 is 17.7 Å². The second kappa shape index (κ2) is 9.91. The number of methoxy groups -OCH3 is 2. The maximum Gasteiger partial charge on any atom is 0.338 e. The van der Waals surface area contributed by atoms with Crippen LogP contribution in [0.25, 0.3) is 5.70 Å². The molecular weight excluding hydrogens is 420 g/mol. The van der Waals surface area contributed by atoms with E-state index in [-0.39, 0.29) is 0 Å². The van der Waals surface area contributed by atoms with Crippen molar-refractivity contribution in [1.29, 1.82) is 0 Å². The summed E-state index contributed by atoms with van der Waals surface area (Å²) < 4.78 is 16.2. The van der Waals surface area contributed by atoms with E-state index in [1.807, 2.05) is 54.6 Å². The molecule has 0 bridgehead atoms. The molecule has 0 aromatic heterocycles. The van der Waals surface area contributed by atoms with Crippen LogP contribution in [0.15, 0.2) is 84.4 Å². The Hall–Kier alpha value is -4.26. The van der Waals surface area contributed by atoms with E-state index in [9.17, 15) is 9.59 Å². The molecule has 7 nitrogen and oxygen atoms in total. The summed E-state index contributed by atoms with van der Waals surface area (Å²) in [6, 6.07) is 23.1. The zero-order valence-electron chi connectivity index (χ0n) is 18.3. The lowest BCUT2D eigenvalue weighted by Gasteiger charge is -2.29. The third kappa shape index (κ3) is 4.98. The molecule has 0 radical (unpaired) electrons. The lowest BCUT2D eigenvalue weighted by atomic mass is 9.92. The first-order valence-electron chi connectivity index (χ1n) is 10.4. The van der Waals surface area contributed by atoms with Crippen molar-refractivity contribution in [2.75, 3.05) is 14.2 Å². The fraction of sp³-hybridized carbons (Fsp3) is 0.154. The third-order valence-corrected chi connectivity index (χ3v) is 5.30. The Morgan fingerprint density at radius 3 is 2.36 bits per heavy atom. The number of amides is 2. The first-order valence-corrected chi connectivity index (χ1v) is 10.4. The maximum absolute atomic E-state index is 12.8. The van der Waals surface area contributed by atoms with Crippen molar-refractivity contribution in [3.8, 4) is 11.5 Å². The van der Waals surface area contributed by atoms with E-state index >= 15 is 0 Å². The van der Waals surface area contributed by atoms with Crippen LogP contribution in [0, 0.1) is 0 Å². The highest BCUT2D eigenvalue weighted by Gasteiger charge is 2.34. The number of carbonyl (C=O) groups is 2. The van der Waals surface area contributed by atoms with Crippen LogP contribution in [-0.4, -0.2) is 26.2 Å². The third-order valence-electron chi connectivity index (χ3n) is 5.30. The highest BCUT2D eigenvalue weighted by atomic mass is 16.5. The van der Waals surface area contributed by atoms with E-state index in [4.69, 9.17) is 14.2 Å². The van der Waals surface area contributed by atoms with Gasteiger partial charge < -0.3 is 24.8 Å². The van der Waals surface area contributed by atoms with E-state index < -0.39 is 18.0 Å². The molecule has 33 heavy (non-hydrogen) atoms. The second-order valence-corrected chi connectivity index (χ2v) is 7.39. The van der Waals surface area contributed by atoms with E-state index in [0.29, 0.717) is 40.5 Å². The monoisotopic (exact) mass is 444 g/mol. The van der Waals surface area contributed by atoms with Gasteiger partial charge in [0.2, 0.25) is 0 Å². The Morgan fingerprint density at radius 2 is 1.67 bits per heavy atom. The van der Waals surface area contributed by atoms with Gasteiger partial charge in [-0.2, -0.15) is 0 Å². The minimum atomic E-state index is -0.719. The molecule has 168 valence electrons. The SMILES string of the molecule is COC(=O)C1=C(c2ccc(OC)cc2)NC(=O)NC1c1cccc(OCc2ccccc2)c1. The molecule has 1 atom stereocenters. The van der Waals surface area contributed by atoms with E-state index in [0.717, 1.165) is 5.56 Å². The number of benzene rings is 3. The zero-order valence-corrected chi connectivity index (χ0v) is 18.3. The second-order valence-electron chi connectivity index (χ2n) is 7.39. The van der Waals surface area contributed by atoms with Gasteiger partial charge in [-0.05, 0) is 53.1 Å². The summed E-state index contributed by atoms with van der Waals surface area (Å²) in [5, 5.41) is 5.59. The molecule has 0 spiro atoms. The molecule has 3 aromatic rings. The maximum atomic E-state index is 12.8. The number of hydrogen-bond acceptors (Lipinski definition) is 5. The summed E-state index contributed by atoms with van der Waals surface area (Å²) in [6.07, 6.45) is 0. The van der Waals surface area contributed by atoms with Crippen LogP contribution in [0.4, 0.5) is 4.79 Å². The minimum Gasteiger partial charge on any atom is -0.497 e. The molecule has 1 aliphatic heterocycles. The van der Waals surface area contributed by atoms with Crippen molar-refractivity contribution in [1.82, 2.24) is 10.6 Å². The van der Waals surface area contributed by atoms with Crippen molar-refractivity contribution in [3.05, 3.63) is 101 Å². The average Bonchev–Trinajstić information content (AvgIpc) is 2.87. The van der Waals surface area contributed by atoms with Gasteiger partial charge in [0, 0.05) is 0 Å². The number of nitrogens with one attached hydrogen (secondary N) is 2. The number of ether oxygens (including phenoxy) is 3. The van der Waals surface area contributed by atoms with E-state index in [1.165, 1.54) is 7.11 Å². The molecule has 0 fully saturated rings. The standard InChI is InChI=1S/C26H24N2O5/c1-31-20-13-11-18(12-14-20)23-22(25(29)32-2)24(28-26(30)27-23)19-9-6-10-21(15-19)33-16-17-7-4-3-5-8-17/h3-15,24H,16H2,1-2H3,(H2,27,28,30). The van der Waals surface area contributed by atoms with Gasteiger partial charge in [0.25, 0.3) is 0 Å². The van der Waals surface area contributed by atoms with Crippen molar-refractivity contribution < 1.29 is 23.8 Å². The normalized spacial score (nSPS) is 15.3. The summed E-state index contributed by atoms with van der Waals surface area (Å²) in [5.74, 6) is 0.743. The van der Waals surface area contributed by atoms with Crippen molar-refractivity contribution in [2.45, 2.75) is 12.6 Å². The van der Waals surface area contributed by atoms with Gasteiger partial charge in [0.15, 0.2) is 0 Å². The largest absolute Gasteiger partial charge is 0.497 e. The first kappa shape index (κ1) is 22.0. The lowest BCUT2D eigenvalue weighted by Crippen LogP contribution is -2.45. The molecule has 2 amide bonds. The Kier molecular flexibility index (Phi) is 6.59. The Bertz CT molecular complexity index is 1170. The summed E-state index contributed by atoms with van der Waals surface area (Å²) in [5.41, 5.74) is 3.07. The quantitative estimate of drug-likeness (QED) is 0.533. The Balaban J connectivity index is 1.70. The zero-order chi connectivity index (χ0) is 23.2. The average molecular weight is 444 g/mol. The van der Waals surface area contributed by atoms with Crippen LogP contribution in [0.3, 0.4) is 0 Å². The molecule has 1 aliphatic rings. The molecule has 3 aromatic carbocycles. The molecule has 2 N–H and O–H groups in total. The first-order chi connectivity index (χ1) is 16.1. The van der Waals surface area contributed by atoms with Gasteiger partial charge in [0.05, 0.1) is 31.5 Å². The molecule has 0 saturated heterocycles. The fourth-order valence-electron chi connectivity index (χ4n) is 3.65. The van der Waals surface area contributed by atoms with Crippen LogP contribution in [-0.2, 0) is 16.1 Å². The van der Waals surface area contributed by atoms with Gasteiger partial charge in [0.1, 0.15) is 18.1 Å². The van der Waals surface area contributed by atoms with Gasteiger partial charge in [-0.1, -0.05) is 42.5 Å². The van der Waals surface area contributed by atoms with Crippen LogP contribution in [0.2, 0.25) is 0 Å². The fourth-order valence-corrected chi connectivity index (χ4v) is 3.65. The highest BCUT2D eigenvalue weighted by Crippen LogP contribution is 2.33. The van der Waals surface area contributed by atoms with Crippen molar-refractivity contribution in [3.63, 3.8) is 0 Å². The van der Waals surface area contributed by atoms with Gasteiger partial charge in [-0.3, -0.25) is 0 Å². The smallest absolute Gasteiger partial charge is 0.338 e. The lowest BCUT2D eigenvalue weighted by molar-refractivity contribution is -0.136. The van der Waals surface area contributed by atoms with Crippen LogP contribution in [0.1, 0.15) is 22.7 Å². The molecule has 4 rings (SSSR count). The van der Waals surface area contributed by atoms with Gasteiger partial charge >= 0.3 is 12.0 Å². The van der Waals surface area contributed by atoms with Crippen molar-refractivity contribution in [2.24, 2.45) is 0 Å². The van der Waals surface area contributed by atoms with Gasteiger partial charge in [-0.15, -0.1) is 0 Å².